The summed E-state index contributed by atoms with van der Waals surface area (Å²) in [5.41, 5.74) is 0.837. The fourth-order valence-corrected chi connectivity index (χ4v) is 1.59. The van der Waals surface area contributed by atoms with E-state index in [4.69, 9.17) is 10.00 Å². The number of carbonyl (C=O) groups is 1. The van der Waals surface area contributed by atoms with Gasteiger partial charge in [-0.15, -0.1) is 0 Å². The number of methoxy groups -OCH3 is 1. The standard InChI is InChI=1S/C14H18FN3O2/c1-20-7-6-18-14(19)4-5-17-10-12-8-11(9-16)2-3-13(12)15/h2-3,8,17H,4-7,10H2,1H3,(H,18,19). The van der Waals surface area contributed by atoms with Crippen LogP contribution in [0.15, 0.2) is 18.2 Å². The third-order valence-electron chi connectivity index (χ3n) is 2.65. The molecule has 0 unspecified atom stereocenters. The summed E-state index contributed by atoms with van der Waals surface area (Å²) in [6, 6.07) is 6.17. The summed E-state index contributed by atoms with van der Waals surface area (Å²) in [6.45, 7) is 1.68. The van der Waals surface area contributed by atoms with Crippen molar-refractivity contribution < 1.29 is 13.9 Å². The molecule has 1 aromatic carbocycles. The Balaban J connectivity index is 2.27. The molecule has 108 valence electrons. The van der Waals surface area contributed by atoms with Crippen LogP contribution in [0.2, 0.25) is 0 Å². The van der Waals surface area contributed by atoms with Gasteiger partial charge in [-0.2, -0.15) is 5.26 Å². The van der Waals surface area contributed by atoms with E-state index >= 15 is 0 Å². The van der Waals surface area contributed by atoms with Gasteiger partial charge in [-0.25, -0.2) is 4.39 Å². The van der Waals surface area contributed by atoms with Crippen LogP contribution in [0, 0.1) is 17.1 Å². The normalized spacial score (nSPS) is 10.1. The zero-order valence-corrected chi connectivity index (χ0v) is 11.4. The fourth-order valence-electron chi connectivity index (χ4n) is 1.59. The summed E-state index contributed by atoms with van der Waals surface area (Å²) >= 11 is 0. The second-order valence-corrected chi connectivity index (χ2v) is 4.19. The van der Waals surface area contributed by atoms with Crippen molar-refractivity contribution in [3.63, 3.8) is 0 Å². The van der Waals surface area contributed by atoms with Crippen molar-refractivity contribution >= 4 is 5.91 Å². The number of carbonyl (C=O) groups excluding carboxylic acids is 1. The van der Waals surface area contributed by atoms with Gasteiger partial charge in [0.15, 0.2) is 0 Å². The minimum absolute atomic E-state index is 0.0826. The summed E-state index contributed by atoms with van der Waals surface area (Å²) in [6.07, 6.45) is 0.309. The molecular weight excluding hydrogens is 261 g/mol. The van der Waals surface area contributed by atoms with Crippen LogP contribution in [0.5, 0.6) is 0 Å². The molecule has 0 bridgehead atoms. The van der Waals surface area contributed by atoms with Crippen LogP contribution in [0.1, 0.15) is 17.5 Å². The Hall–Kier alpha value is -1.97. The number of nitriles is 1. The van der Waals surface area contributed by atoms with Gasteiger partial charge in [-0.05, 0) is 18.2 Å². The average molecular weight is 279 g/mol. The molecule has 0 saturated carbocycles. The van der Waals surface area contributed by atoms with Gasteiger partial charge >= 0.3 is 0 Å². The summed E-state index contributed by atoms with van der Waals surface area (Å²) in [5, 5.41) is 14.4. The van der Waals surface area contributed by atoms with Crippen LogP contribution in [0.3, 0.4) is 0 Å². The third kappa shape index (κ3) is 5.78. The molecule has 0 aromatic heterocycles. The summed E-state index contributed by atoms with van der Waals surface area (Å²) in [7, 11) is 1.57. The van der Waals surface area contributed by atoms with Crippen molar-refractivity contribution in [1.29, 1.82) is 5.26 Å². The highest BCUT2D eigenvalue weighted by molar-refractivity contribution is 5.76. The smallest absolute Gasteiger partial charge is 0.221 e. The Bertz CT molecular complexity index is 486. The lowest BCUT2D eigenvalue weighted by Crippen LogP contribution is -2.30. The largest absolute Gasteiger partial charge is 0.383 e. The number of benzene rings is 1. The molecule has 0 atom stereocenters. The first-order valence-electron chi connectivity index (χ1n) is 6.32. The zero-order chi connectivity index (χ0) is 14.8. The summed E-state index contributed by atoms with van der Waals surface area (Å²) in [4.78, 5) is 11.4. The van der Waals surface area contributed by atoms with Crippen LogP contribution in [0.4, 0.5) is 4.39 Å². The lowest BCUT2D eigenvalue weighted by molar-refractivity contribution is -0.121. The first-order valence-corrected chi connectivity index (χ1v) is 6.32. The van der Waals surface area contributed by atoms with E-state index < -0.39 is 0 Å². The number of amides is 1. The highest BCUT2D eigenvalue weighted by Gasteiger charge is 2.04. The van der Waals surface area contributed by atoms with Gasteiger partial charge in [-0.1, -0.05) is 0 Å². The highest BCUT2D eigenvalue weighted by Crippen LogP contribution is 2.09. The minimum atomic E-state index is -0.360. The summed E-state index contributed by atoms with van der Waals surface area (Å²) in [5.74, 6) is -0.443. The molecule has 0 spiro atoms. The second kappa shape index (κ2) is 9.02. The Morgan fingerprint density at radius 2 is 2.25 bits per heavy atom. The van der Waals surface area contributed by atoms with Gasteiger partial charge in [0, 0.05) is 38.7 Å². The lowest BCUT2D eigenvalue weighted by Gasteiger charge is -2.07. The maximum Gasteiger partial charge on any atom is 0.221 e. The number of ether oxygens (including phenoxy) is 1. The molecule has 6 heteroatoms. The Kier molecular flexibility index (Phi) is 7.25. The first-order chi connectivity index (χ1) is 9.67. The number of hydrogen-bond donors (Lipinski definition) is 2. The number of nitrogens with zero attached hydrogens (tertiary/aromatic N) is 1. The molecule has 0 aliphatic heterocycles. The van der Waals surface area contributed by atoms with E-state index in [0.717, 1.165) is 0 Å². The van der Waals surface area contributed by atoms with E-state index in [0.29, 0.717) is 37.2 Å². The van der Waals surface area contributed by atoms with Crippen molar-refractivity contribution in [2.24, 2.45) is 0 Å². The molecule has 0 radical (unpaired) electrons. The number of nitrogens with one attached hydrogen (secondary N) is 2. The van der Waals surface area contributed by atoms with Crippen molar-refractivity contribution in [3.8, 4) is 6.07 Å². The van der Waals surface area contributed by atoms with Crippen molar-refractivity contribution in [2.75, 3.05) is 26.8 Å². The summed E-state index contributed by atoms with van der Waals surface area (Å²) < 4.78 is 18.3. The number of halogens is 1. The molecule has 1 amide bonds. The SMILES string of the molecule is COCCNC(=O)CCNCc1cc(C#N)ccc1F. The average Bonchev–Trinajstić information content (AvgIpc) is 2.45. The predicted octanol–water partition coefficient (Wildman–Crippen LogP) is 0.940. The monoisotopic (exact) mass is 279 g/mol. The van der Waals surface area contributed by atoms with E-state index in [2.05, 4.69) is 10.6 Å². The van der Waals surface area contributed by atoms with E-state index in [1.165, 1.54) is 18.2 Å². The van der Waals surface area contributed by atoms with E-state index in [9.17, 15) is 9.18 Å². The highest BCUT2D eigenvalue weighted by atomic mass is 19.1. The van der Waals surface area contributed by atoms with Crippen molar-refractivity contribution in [2.45, 2.75) is 13.0 Å². The third-order valence-corrected chi connectivity index (χ3v) is 2.65. The first kappa shape index (κ1) is 16.1. The van der Waals surface area contributed by atoms with Gasteiger partial charge < -0.3 is 15.4 Å². The molecule has 1 rings (SSSR count). The molecule has 2 N–H and O–H groups in total. The van der Waals surface area contributed by atoms with Crippen LogP contribution < -0.4 is 10.6 Å². The number of hydrogen-bond acceptors (Lipinski definition) is 4. The second-order valence-electron chi connectivity index (χ2n) is 4.19. The van der Waals surface area contributed by atoms with Crippen LogP contribution in [-0.4, -0.2) is 32.7 Å². The zero-order valence-electron chi connectivity index (χ0n) is 11.4. The lowest BCUT2D eigenvalue weighted by atomic mass is 10.1. The Morgan fingerprint density at radius 3 is 2.95 bits per heavy atom. The molecular formula is C14H18FN3O2. The van der Waals surface area contributed by atoms with Crippen molar-refractivity contribution in [1.82, 2.24) is 10.6 Å². The molecule has 0 aliphatic carbocycles. The minimum Gasteiger partial charge on any atom is -0.383 e. The van der Waals surface area contributed by atoms with E-state index in [-0.39, 0.29) is 18.3 Å². The van der Waals surface area contributed by atoms with Crippen molar-refractivity contribution in [3.05, 3.63) is 35.1 Å². The van der Waals surface area contributed by atoms with Gasteiger partial charge in [0.05, 0.1) is 18.2 Å². The van der Waals surface area contributed by atoms with Gasteiger partial charge in [0.1, 0.15) is 5.82 Å². The molecule has 5 nitrogen and oxygen atoms in total. The predicted molar refractivity (Wildman–Crippen MR) is 72.3 cm³/mol. The molecule has 0 saturated heterocycles. The van der Waals surface area contributed by atoms with Crippen LogP contribution >= 0.6 is 0 Å². The molecule has 0 heterocycles. The Labute approximate surface area is 117 Å². The molecule has 0 aliphatic rings. The van der Waals surface area contributed by atoms with E-state index in [1.54, 1.807) is 7.11 Å². The maximum atomic E-state index is 13.5. The van der Waals surface area contributed by atoms with Gasteiger partial charge in [0.2, 0.25) is 5.91 Å². The van der Waals surface area contributed by atoms with Gasteiger partial charge in [0.25, 0.3) is 0 Å². The topological polar surface area (TPSA) is 74.2 Å². The van der Waals surface area contributed by atoms with Gasteiger partial charge in [-0.3, -0.25) is 4.79 Å². The fraction of sp³-hybridized carbons (Fsp3) is 0.429. The van der Waals surface area contributed by atoms with Crippen LogP contribution in [-0.2, 0) is 16.1 Å². The molecule has 1 aromatic rings. The van der Waals surface area contributed by atoms with E-state index in [1.807, 2.05) is 6.07 Å². The van der Waals surface area contributed by atoms with Crippen LogP contribution in [0.25, 0.3) is 0 Å². The Morgan fingerprint density at radius 1 is 1.45 bits per heavy atom. The quantitative estimate of drug-likeness (QED) is 0.695. The molecule has 20 heavy (non-hydrogen) atoms. The number of rotatable bonds is 8. The molecule has 0 fully saturated rings. The maximum absolute atomic E-state index is 13.5.